The highest BCUT2D eigenvalue weighted by atomic mass is 35.5. The molecule has 2 rings (SSSR count). The Morgan fingerprint density at radius 2 is 2.11 bits per heavy atom. The SMILES string of the molecule is CCC(C(=O)OC(C)C)n1ccc2cc(Cl)ccc21. The number of ether oxygens (including phenoxy) is 1. The predicted molar refractivity (Wildman–Crippen MR) is 77.5 cm³/mol. The number of benzene rings is 1. The molecule has 0 N–H and O–H groups in total. The van der Waals surface area contributed by atoms with Crippen LogP contribution in [0.1, 0.15) is 33.2 Å². The van der Waals surface area contributed by atoms with Crippen LogP contribution in [0.5, 0.6) is 0 Å². The number of hydrogen-bond acceptors (Lipinski definition) is 2. The monoisotopic (exact) mass is 279 g/mol. The molecule has 0 aliphatic carbocycles. The summed E-state index contributed by atoms with van der Waals surface area (Å²) in [6.45, 7) is 5.70. The van der Waals surface area contributed by atoms with Crippen LogP contribution >= 0.6 is 11.6 Å². The number of esters is 1. The van der Waals surface area contributed by atoms with Crippen LogP contribution in [0.2, 0.25) is 5.02 Å². The minimum Gasteiger partial charge on any atom is -0.461 e. The Hall–Kier alpha value is -1.48. The lowest BCUT2D eigenvalue weighted by Crippen LogP contribution is -2.23. The fourth-order valence-corrected chi connectivity index (χ4v) is 2.38. The highest BCUT2D eigenvalue weighted by Crippen LogP contribution is 2.25. The molecule has 1 aromatic carbocycles. The zero-order valence-electron chi connectivity index (χ0n) is 11.4. The van der Waals surface area contributed by atoms with Gasteiger partial charge >= 0.3 is 5.97 Å². The average molecular weight is 280 g/mol. The highest BCUT2D eigenvalue weighted by Gasteiger charge is 2.22. The number of nitrogens with zero attached hydrogens (tertiary/aromatic N) is 1. The first-order chi connectivity index (χ1) is 9.02. The number of hydrogen-bond donors (Lipinski definition) is 0. The number of rotatable bonds is 4. The van der Waals surface area contributed by atoms with Gasteiger partial charge in [-0.3, -0.25) is 0 Å². The fourth-order valence-electron chi connectivity index (χ4n) is 2.19. The molecule has 0 radical (unpaired) electrons. The molecule has 2 aromatic rings. The minimum atomic E-state index is -0.291. The fraction of sp³-hybridized carbons (Fsp3) is 0.400. The van der Waals surface area contributed by atoms with E-state index >= 15 is 0 Å². The third-order valence-corrected chi connectivity index (χ3v) is 3.26. The standard InChI is InChI=1S/C15H18ClNO2/c1-4-13(15(18)19-10(2)3)17-8-7-11-9-12(16)5-6-14(11)17/h5-10,13H,4H2,1-3H3. The van der Waals surface area contributed by atoms with Crippen molar-refractivity contribution in [3.8, 4) is 0 Å². The molecule has 0 saturated carbocycles. The highest BCUT2D eigenvalue weighted by molar-refractivity contribution is 6.31. The third-order valence-electron chi connectivity index (χ3n) is 3.03. The summed E-state index contributed by atoms with van der Waals surface area (Å²) in [6.07, 6.45) is 2.51. The van der Waals surface area contributed by atoms with Gasteiger partial charge < -0.3 is 9.30 Å². The first kappa shape index (κ1) is 13.9. The third kappa shape index (κ3) is 2.92. The van der Waals surface area contributed by atoms with Crippen LogP contribution in [0.4, 0.5) is 0 Å². The van der Waals surface area contributed by atoms with E-state index < -0.39 is 0 Å². The first-order valence-corrected chi connectivity index (χ1v) is 6.87. The number of carbonyl (C=O) groups excluding carboxylic acids is 1. The second kappa shape index (κ2) is 5.66. The average Bonchev–Trinajstić information content (AvgIpc) is 2.72. The second-order valence-corrected chi connectivity index (χ2v) is 5.27. The van der Waals surface area contributed by atoms with E-state index in [1.807, 2.05) is 55.8 Å². The van der Waals surface area contributed by atoms with Gasteiger partial charge in [-0.1, -0.05) is 18.5 Å². The van der Waals surface area contributed by atoms with Crippen molar-refractivity contribution in [3.63, 3.8) is 0 Å². The molecule has 0 bridgehead atoms. The smallest absolute Gasteiger partial charge is 0.329 e. The Balaban J connectivity index is 2.38. The number of aromatic nitrogens is 1. The molecular formula is C15H18ClNO2. The Morgan fingerprint density at radius 3 is 2.74 bits per heavy atom. The van der Waals surface area contributed by atoms with Gasteiger partial charge in [0.2, 0.25) is 0 Å². The molecule has 1 aromatic heterocycles. The van der Waals surface area contributed by atoms with Crippen molar-refractivity contribution < 1.29 is 9.53 Å². The quantitative estimate of drug-likeness (QED) is 0.786. The molecule has 102 valence electrons. The van der Waals surface area contributed by atoms with Gasteiger partial charge in [-0.2, -0.15) is 0 Å². The van der Waals surface area contributed by atoms with Crippen molar-refractivity contribution in [2.75, 3.05) is 0 Å². The predicted octanol–water partition coefficient (Wildman–Crippen LogP) is 4.20. The lowest BCUT2D eigenvalue weighted by molar-refractivity contribution is -0.151. The molecule has 0 amide bonds. The molecule has 0 aliphatic heterocycles. The lowest BCUT2D eigenvalue weighted by atomic mass is 10.2. The van der Waals surface area contributed by atoms with Crippen LogP contribution in [-0.4, -0.2) is 16.6 Å². The Kier molecular flexibility index (Phi) is 4.15. The summed E-state index contributed by atoms with van der Waals surface area (Å²) in [5.41, 5.74) is 0.997. The molecule has 1 atom stereocenters. The molecule has 0 fully saturated rings. The normalized spacial score (nSPS) is 12.9. The van der Waals surface area contributed by atoms with Crippen molar-refractivity contribution in [1.82, 2.24) is 4.57 Å². The van der Waals surface area contributed by atoms with E-state index in [4.69, 9.17) is 16.3 Å². The summed E-state index contributed by atoms with van der Waals surface area (Å²) in [5, 5.41) is 1.73. The molecule has 19 heavy (non-hydrogen) atoms. The maximum Gasteiger partial charge on any atom is 0.329 e. The summed E-state index contributed by atoms with van der Waals surface area (Å²) < 4.78 is 7.27. The van der Waals surface area contributed by atoms with E-state index in [1.54, 1.807) is 0 Å². The molecule has 3 nitrogen and oxygen atoms in total. The largest absolute Gasteiger partial charge is 0.461 e. The van der Waals surface area contributed by atoms with Crippen molar-refractivity contribution in [2.24, 2.45) is 0 Å². The van der Waals surface area contributed by atoms with Crippen LogP contribution in [0.3, 0.4) is 0 Å². The zero-order valence-corrected chi connectivity index (χ0v) is 12.1. The van der Waals surface area contributed by atoms with Crippen LogP contribution in [0, 0.1) is 0 Å². The Morgan fingerprint density at radius 1 is 1.37 bits per heavy atom. The Labute approximate surface area is 118 Å². The van der Waals surface area contributed by atoms with Gasteiger partial charge in [0, 0.05) is 22.1 Å². The van der Waals surface area contributed by atoms with Gasteiger partial charge in [0.05, 0.1) is 6.10 Å². The number of halogens is 1. The molecular weight excluding hydrogens is 262 g/mol. The van der Waals surface area contributed by atoms with Crippen molar-refractivity contribution in [3.05, 3.63) is 35.5 Å². The summed E-state index contributed by atoms with van der Waals surface area (Å²) in [6, 6.07) is 7.34. The number of carbonyl (C=O) groups is 1. The van der Waals surface area contributed by atoms with E-state index in [2.05, 4.69) is 0 Å². The van der Waals surface area contributed by atoms with Crippen LogP contribution in [0.15, 0.2) is 30.5 Å². The van der Waals surface area contributed by atoms with Crippen molar-refractivity contribution in [1.29, 1.82) is 0 Å². The number of fused-ring (bicyclic) bond motifs is 1. The summed E-state index contributed by atoms with van der Waals surface area (Å²) >= 11 is 5.97. The van der Waals surface area contributed by atoms with E-state index in [9.17, 15) is 4.79 Å². The van der Waals surface area contributed by atoms with Crippen molar-refractivity contribution >= 4 is 28.5 Å². The first-order valence-electron chi connectivity index (χ1n) is 6.49. The van der Waals surface area contributed by atoms with Gasteiger partial charge in [-0.25, -0.2) is 4.79 Å². The topological polar surface area (TPSA) is 31.2 Å². The maximum absolute atomic E-state index is 12.1. The summed E-state index contributed by atoms with van der Waals surface area (Å²) in [4.78, 5) is 12.1. The summed E-state index contributed by atoms with van der Waals surface area (Å²) in [7, 11) is 0. The molecule has 1 heterocycles. The van der Waals surface area contributed by atoms with E-state index in [1.165, 1.54) is 0 Å². The Bertz CT molecular complexity index is 589. The van der Waals surface area contributed by atoms with Gasteiger partial charge in [-0.05, 0) is 44.5 Å². The van der Waals surface area contributed by atoms with Gasteiger partial charge in [-0.15, -0.1) is 0 Å². The van der Waals surface area contributed by atoms with E-state index in [0.29, 0.717) is 11.4 Å². The van der Waals surface area contributed by atoms with Gasteiger partial charge in [0.25, 0.3) is 0 Å². The molecule has 0 spiro atoms. The maximum atomic E-state index is 12.1. The van der Waals surface area contributed by atoms with Crippen molar-refractivity contribution in [2.45, 2.75) is 39.3 Å². The van der Waals surface area contributed by atoms with E-state index in [0.717, 1.165) is 10.9 Å². The van der Waals surface area contributed by atoms with Crippen LogP contribution in [-0.2, 0) is 9.53 Å². The minimum absolute atomic E-state index is 0.0992. The lowest BCUT2D eigenvalue weighted by Gasteiger charge is -2.19. The molecule has 0 aliphatic rings. The zero-order chi connectivity index (χ0) is 14.0. The molecule has 1 unspecified atom stereocenters. The summed E-state index contributed by atoms with van der Waals surface area (Å²) in [5.74, 6) is -0.190. The molecule has 4 heteroatoms. The van der Waals surface area contributed by atoms with Crippen LogP contribution in [0.25, 0.3) is 10.9 Å². The van der Waals surface area contributed by atoms with Gasteiger partial charge in [0.15, 0.2) is 0 Å². The molecule has 0 saturated heterocycles. The van der Waals surface area contributed by atoms with Gasteiger partial charge in [0.1, 0.15) is 6.04 Å². The van der Waals surface area contributed by atoms with Crippen LogP contribution < -0.4 is 0 Å². The second-order valence-electron chi connectivity index (χ2n) is 4.84. The van der Waals surface area contributed by atoms with E-state index in [-0.39, 0.29) is 18.1 Å².